The van der Waals surface area contributed by atoms with Gasteiger partial charge in [0.25, 0.3) is 5.69 Å². The van der Waals surface area contributed by atoms with Crippen molar-refractivity contribution in [1.82, 2.24) is 4.72 Å². The van der Waals surface area contributed by atoms with E-state index in [1.807, 2.05) is 0 Å². The van der Waals surface area contributed by atoms with Crippen LogP contribution in [0.2, 0.25) is 0 Å². The zero-order valence-corrected chi connectivity index (χ0v) is 10.2. The molecular formula is C9H13N3O4S. The number of rotatable bonds is 4. The fraction of sp³-hybridized carbons (Fsp3) is 0.333. The Morgan fingerprint density at radius 2 is 2.00 bits per heavy atom. The second-order valence-electron chi connectivity index (χ2n) is 3.76. The highest BCUT2D eigenvalue weighted by atomic mass is 32.2. The Balaban J connectivity index is 3.30. The summed E-state index contributed by atoms with van der Waals surface area (Å²) < 4.78 is 26.0. The highest BCUT2D eigenvalue weighted by molar-refractivity contribution is 7.89. The topological polar surface area (TPSA) is 115 Å². The second-order valence-corrected chi connectivity index (χ2v) is 5.44. The summed E-state index contributed by atoms with van der Waals surface area (Å²) in [5.74, 6) is 0. The second kappa shape index (κ2) is 4.68. The smallest absolute Gasteiger partial charge is 0.270 e. The van der Waals surface area contributed by atoms with Crippen LogP contribution in [0.15, 0.2) is 23.1 Å². The van der Waals surface area contributed by atoms with Gasteiger partial charge in [0.2, 0.25) is 10.0 Å². The van der Waals surface area contributed by atoms with Crippen LogP contribution < -0.4 is 10.5 Å². The lowest BCUT2D eigenvalue weighted by atomic mass is 10.3. The van der Waals surface area contributed by atoms with Gasteiger partial charge >= 0.3 is 0 Å². The minimum atomic E-state index is -3.83. The SMILES string of the molecule is CC(C)NS(=O)(=O)c1cc([N+](=O)[O-])ccc1N. The van der Waals surface area contributed by atoms with Crippen LogP contribution in [0.4, 0.5) is 11.4 Å². The van der Waals surface area contributed by atoms with Crippen LogP contribution in [0.25, 0.3) is 0 Å². The lowest BCUT2D eigenvalue weighted by molar-refractivity contribution is -0.385. The Morgan fingerprint density at radius 1 is 1.41 bits per heavy atom. The molecule has 0 aromatic heterocycles. The van der Waals surface area contributed by atoms with Crippen LogP contribution in [-0.2, 0) is 10.0 Å². The molecule has 3 N–H and O–H groups in total. The maximum atomic E-state index is 11.8. The maximum absolute atomic E-state index is 11.8. The molecule has 0 saturated carbocycles. The van der Waals surface area contributed by atoms with E-state index in [1.165, 1.54) is 6.07 Å². The number of nitro benzene ring substituents is 1. The molecule has 0 saturated heterocycles. The van der Waals surface area contributed by atoms with Gasteiger partial charge in [-0.3, -0.25) is 10.1 Å². The van der Waals surface area contributed by atoms with E-state index in [4.69, 9.17) is 5.73 Å². The number of hydrogen-bond acceptors (Lipinski definition) is 5. The first-order chi connectivity index (χ1) is 7.74. The zero-order chi connectivity index (χ0) is 13.2. The van der Waals surface area contributed by atoms with E-state index in [9.17, 15) is 18.5 Å². The quantitative estimate of drug-likeness (QED) is 0.472. The van der Waals surface area contributed by atoms with Gasteiger partial charge in [-0.25, -0.2) is 13.1 Å². The van der Waals surface area contributed by atoms with Gasteiger partial charge in [0.1, 0.15) is 4.90 Å². The molecule has 17 heavy (non-hydrogen) atoms. The lowest BCUT2D eigenvalue weighted by Gasteiger charge is -2.11. The van der Waals surface area contributed by atoms with Crippen LogP contribution in [0, 0.1) is 10.1 Å². The molecule has 1 rings (SSSR count). The molecule has 0 spiro atoms. The number of nitrogens with two attached hydrogens (primary N) is 1. The Kier molecular flexibility index (Phi) is 3.69. The van der Waals surface area contributed by atoms with Gasteiger partial charge in [-0.1, -0.05) is 0 Å². The molecule has 8 heteroatoms. The van der Waals surface area contributed by atoms with Gasteiger partial charge in [0.15, 0.2) is 0 Å². The van der Waals surface area contributed by atoms with Gasteiger partial charge in [-0.15, -0.1) is 0 Å². The van der Waals surface area contributed by atoms with Crippen LogP contribution in [0.5, 0.6) is 0 Å². The number of sulfonamides is 1. The molecule has 0 unspecified atom stereocenters. The molecule has 0 atom stereocenters. The number of non-ortho nitro benzene ring substituents is 1. The molecule has 7 nitrogen and oxygen atoms in total. The van der Waals surface area contributed by atoms with E-state index in [1.54, 1.807) is 13.8 Å². The first kappa shape index (κ1) is 13.4. The van der Waals surface area contributed by atoms with Crippen molar-refractivity contribution < 1.29 is 13.3 Å². The summed E-state index contributed by atoms with van der Waals surface area (Å²) in [6.07, 6.45) is 0. The zero-order valence-electron chi connectivity index (χ0n) is 9.38. The molecule has 0 bridgehead atoms. The third-order valence-corrected chi connectivity index (χ3v) is 3.60. The van der Waals surface area contributed by atoms with Crippen molar-refractivity contribution in [2.24, 2.45) is 0 Å². The first-order valence-corrected chi connectivity index (χ1v) is 6.28. The molecule has 0 fully saturated rings. The number of nitro groups is 1. The van der Waals surface area contributed by atoms with E-state index in [2.05, 4.69) is 4.72 Å². The van der Waals surface area contributed by atoms with E-state index in [0.29, 0.717) is 0 Å². The van der Waals surface area contributed by atoms with Crippen molar-refractivity contribution in [3.63, 3.8) is 0 Å². The number of anilines is 1. The molecule has 0 heterocycles. The third kappa shape index (κ3) is 3.14. The molecule has 0 aliphatic rings. The normalized spacial score (nSPS) is 11.7. The van der Waals surface area contributed by atoms with Crippen molar-refractivity contribution in [3.8, 4) is 0 Å². The monoisotopic (exact) mass is 259 g/mol. The Morgan fingerprint density at radius 3 is 2.47 bits per heavy atom. The van der Waals surface area contributed by atoms with Crippen molar-refractivity contribution in [1.29, 1.82) is 0 Å². The number of nitrogen functional groups attached to an aromatic ring is 1. The third-order valence-electron chi connectivity index (χ3n) is 1.89. The standard InChI is InChI=1S/C9H13N3O4S/c1-6(2)11-17(15,16)9-5-7(12(13)14)3-4-8(9)10/h3-6,11H,10H2,1-2H3. The van der Waals surface area contributed by atoms with Crippen molar-refractivity contribution in [3.05, 3.63) is 28.3 Å². The minimum absolute atomic E-state index is 0.0243. The Bertz CT molecular complexity index is 539. The molecule has 0 radical (unpaired) electrons. The predicted octanol–water partition coefficient (Wildman–Crippen LogP) is 0.864. The molecule has 0 aliphatic carbocycles. The first-order valence-electron chi connectivity index (χ1n) is 4.80. The van der Waals surface area contributed by atoms with E-state index in [0.717, 1.165) is 12.1 Å². The molecule has 1 aromatic rings. The van der Waals surface area contributed by atoms with Gasteiger partial charge < -0.3 is 5.73 Å². The minimum Gasteiger partial charge on any atom is -0.398 e. The molecule has 1 aromatic carbocycles. The average molecular weight is 259 g/mol. The molecule has 0 amide bonds. The summed E-state index contributed by atoms with van der Waals surface area (Å²) >= 11 is 0. The largest absolute Gasteiger partial charge is 0.398 e. The van der Waals surface area contributed by atoms with Crippen molar-refractivity contribution >= 4 is 21.4 Å². The summed E-state index contributed by atoms with van der Waals surface area (Å²) in [6, 6.07) is 2.98. The van der Waals surface area contributed by atoms with Crippen molar-refractivity contribution in [2.75, 3.05) is 5.73 Å². The van der Waals surface area contributed by atoms with Crippen molar-refractivity contribution in [2.45, 2.75) is 24.8 Å². The summed E-state index contributed by atoms with van der Waals surface area (Å²) in [5, 5.41) is 10.6. The number of nitrogens with zero attached hydrogens (tertiary/aromatic N) is 1. The summed E-state index contributed by atoms with van der Waals surface area (Å²) in [5.41, 5.74) is 5.17. The lowest BCUT2D eigenvalue weighted by Crippen LogP contribution is -2.30. The number of hydrogen-bond donors (Lipinski definition) is 2. The van der Waals surface area contributed by atoms with E-state index >= 15 is 0 Å². The van der Waals surface area contributed by atoms with Gasteiger partial charge in [0, 0.05) is 18.2 Å². The fourth-order valence-corrected chi connectivity index (χ4v) is 2.64. The summed E-state index contributed by atoms with van der Waals surface area (Å²) in [7, 11) is -3.83. The van der Waals surface area contributed by atoms with Gasteiger partial charge in [0.05, 0.1) is 10.6 Å². The Labute approximate surface area is 98.8 Å². The summed E-state index contributed by atoms with van der Waals surface area (Å²) in [6.45, 7) is 3.29. The molecule has 94 valence electrons. The summed E-state index contributed by atoms with van der Waals surface area (Å²) in [4.78, 5) is 9.61. The highest BCUT2D eigenvalue weighted by Gasteiger charge is 2.21. The highest BCUT2D eigenvalue weighted by Crippen LogP contribution is 2.23. The Hall–Kier alpha value is -1.67. The molecule has 0 aliphatic heterocycles. The maximum Gasteiger partial charge on any atom is 0.270 e. The molecular weight excluding hydrogens is 246 g/mol. The van der Waals surface area contributed by atoms with Gasteiger partial charge in [-0.05, 0) is 19.9 Å². The average Bonchev–Trinajstić information content (AvgIpc) is 2.15. The number of benzene rings is 1. The van der Waals surface area contributed by atoms with E-state index < -0.39 is 14.9 Å². The predicted molar refractivity (Wildman–Crippen MR) is 63.0 cm³/mol. The van der Waals surface area contributed by atoms with Crippen LogP contribution in [-0.4, -0.2) is 19.4 Å². The van der Waals surface area contributed by atoms with Crippen LogP contribution in [0.1, 0.15) is 13.8 Å². The van der Waals surface area contributed by atoms with Gasteiger partial charge in [-0.2, -0.15) is 0 Å². The van der Waals surface area contributed by atoms with E-state index in [-0.39, 0.29) is 22.3 Å². The van der Waals surface area contributed by atoms with Crippen LogP contribution in [0.3, 0.4) is 0 Å². The fourth-order valence-electron chi connectivity index (χ4n) is 1.24. The van der Waals surface area contributed by atoms with Crippen LogP contribution >= 0.6 is 0 Å². The number of nitrogens with one attached hydrogen (secondary N) is 1.